The van der Waals surface area contributed by atoms with E-state index >= 15 is 0 Å². The molecule has 0 saturated carbocycles. The fraction of sp³-hybridized carbons (Fsp3) is 0.217. The molecule has 8 nitrogen and oxygen atoms in total. The number of rotatable bonds is 7. The van der Waals surface area contributed by atoms with E-state index in [4.69, 9.17) is 27.9 Å². The van der Waals surface area contributed by atoms with Crippen LogP contribution in [0.2, 0.25) is 10.0 Å². The lowest BCUT2D eigenvalue weighted by molar-refractivity contribution is -0.154. The molecule has 212 valence electrons. The van der Waals surface area contributed by atoms with E-state index in [2.05, 4.69) is 25.6 Å². The van der Waals surface area contributed by atoms with Crippen LogP contribution in [0.1, 0.15) is 21.6 Å². The van der Waals surface area contributed by atoms with Crippen molar-refractivity contribution in [2.45, 2.75) is 18.9 Å². The fourth-order valence-electron chi connectivity index (χ4n) is 3.50. The normalized spacial score (nSPS) is 12.1. The van der Waals surface area contributed by atoms with Crippen LogP contribution >= 0.6 is 23.2 Å². The van der Waals surface area contributed by atoms with Gasteiger partial charge in [-0.15, -0.1) is 0 Å². The first-order chi connectivity index (χ1) is 18.6. The SMILES string of the molecule is Cn1c(Nc2c(Cl)cc(F)cc2Cl)nc2cc(C(=O)NCc3ncccc3C(F)(F)F)c(OCC(F)(F)F)nc21. The standard InChI is InChI=1S/C23H15Cl2F7N6O2/c1-38-18-15(35-21(38)36-17-13(24)5-10(26)6-14(17)25)7-11(20(37-18)40-9-22(27,28)29)19(39)34-8-16-12(23(30,31)32)3-2-4-33-16/h2-7H,8-9H2,1H3,(H,34,39)(H,35,36). The van der Waals surface area contributed by atoms with Gasteiger partial charge in [-0.1, -0.05) is 23.2 Å². The van der Waals surface area contributed by atoms with E-state index in [1.54, 1.807) is 0 Å². The van der Waals surface area contributed by atoms with Crippen LogP contribution in [0.25, 0.3) is 11.2 Å². The molecule has 0 spiro atoms. The third kappa shape index (κ3) is 6.47. The number of ether oxygens (including phenoxy) is 1. The molecule has 0 bridgehead atoms. The second-order valence-electron chi connectivity index (χ2n) is 8.13. The number of fused-ring (bicyclic) bond motifs is 1. The first-order valence-electron chi connectivity index (χ1n) is 10.9. The number of benzene rings is 1. The van der Waals surface area contributed by atoms with Crippen molar-refractivity contribution in [1.29, 1.82) is 0 Å². The minimum absolute atomic E-state index is 0.000502. The van der Waals surface area contributed by atoms with E-state index in [1.807, 2.05) is 0 Å². The second-order valence-corrected chi connectivity index (χ2v) is 8.94. The largest absolute Gasteiger partial charge is 0.467 e. The van der Waals surface area contributed by atoms with Gasteiger partial charge in [0.25, 0.3) is 5.91 Å². The zero-order valence-corrected chi connectivity index (χ0v) is 21.4. The lowest BCUT2D eigenvalue weighted by atomic mass is 10.1. The molecule has 3 heterocycles. The summed E-state index contributed by atoms with van der Waals surface area (Å²) in [4.78, 5) is 24.8. The van der Waals surface area contributed by atoms with Crippen molar-refractivity contribution in [3.05, 3.63) is 69.2 Å². The van der Waals surface area contributed by atoms with E-state index in [0.29, 0.717) is 0 Å². The molecule has 0 aliphatic rings. The Morgan fingerprint density at radius 3 is 2.38 bits per heavy atom. The molecule has 4 aromatic rings. The Morgan fingerprint density at radius 2 is 1.75 bits per heavy atom. The van der Waals surface area contributed by atoms with Gasteiger partial charge >= 0.3 is 12.4 Å². The Hall–Kier alpha value is -3.85. The quantitative estimate of drug-likeness (QED) is 0.234. The number of anilines is 2. The zero-order valence-electron chi connectivity index (χ0n) is 19.9. The van der Waals surface area contributed by atoms with Gasteiger partial charge < -0.3 is 15.4 Å². The highest BCUT2D eigenvalue weighted by Gasteiger charge is 2.34. The fourth-order valence-corrected chi connectivity index (χ4v) is 4.05. The maximum atomic E-state index is 13.5. The number of amides is 1. The molecule has 4 rings (SSSR count). The first kappa shape index (κ1) is 29.1. The molecule has 0 saturated heterocycles. The van der Waals surface area contributed by atoms with Gasteiger partial charge in [-0.05, 0) is 30.3 Å². The van der Waals surface area contributed by atoms with Crippen LogP contribution in [0.3, 0.4) is 0 Å². The molecule has 1 amide bonds. The second kappa shape index (κ2) is 11.0. The van der Waals surface area contributed by atoms with Gasteiger partial charge in [0.1, 0.15) is 16.9 Å². The number of halogens is 9. The molecular formula is C23H15Cl2F7N6O2. The van der Waals surface area contributed by atoms with Gasteiger partial charge in [0.15, 0.2) is 12.3 Å². The first-order valence-corrected chi connectivity index (χ1v) is 11.7. The monoisotopic (exact) mass is 610 g/mol. The number of carbonyl (C=O) groups is 1. The van der Waals surface area contributed by atoms with Crippen molar-refractivity contribution in [2.75, 3.05) is 11.9 Å². The predicted molar refractivity (Wildman–Crippen MR) is 130 cm³/mol. The summed E-state index contributed by atoms with van der Waals surface area (Å²) in [7, 11) is 1.42. The molecule has 0 aliphatic heterocycles. The molecule has 0 unspecified atom stereocenters. The molecule has 3 aromatic heterocycles. The van der Waals surface area contributed by atoms with E-state index < -0.39 is 59.9 Å². The highest BCUT2D eigenvalue weighted by atomic mass is 35.5. The van der Waals surface area contributed by atoms with Gasteiger partial charge in [-0.3, -0.25) is 14.3 Å². The average Bonchev–Trinajstić information content (AvgIpc) is 3.16. The number of carbonyl (C=O) groups excluding carboxylic acids is 1. The number of pyridine rings is 2. The van der Waals surface area contributed by atoms with Crippen LogP contribution in [-0.2, 0) is 19.8 Å². The van der Waals surface area contributed by atoms with Crippen LogP contribution in [0.15, 0.2) is 36.5 Å². The van der Waals surface area contributed by atoms with Gasteiger partial charge in [-0.25, -0.2) is 9.37 Å². The molecule has 0 atom stereocenters. The van der Waals surface area contributed by atoms with Crippen molar-refractivity contribution in [3.8, 4) is 5.88 Å². The van der Waals surface area contributed by atoms with E-state index in [0.717, 1.165) is 36.5 Å². The highest BCUT2D eigenvalue weighted by molar-refractivity contribution is 6.39. The highest BCUT2D eigenvalue weighted by Crippen LogP contribution is 2.35. The summed E-state index contributed by atoms with van der Waals surface area (Å²) in [5.41, 5.74) is -2.16. The number of imidazole rings is 1. The van der Waals surface area contributed by atoms with Gasteiger partial charge in [0, 0.05) is 13.2 Å². The molecule has 17 heteroatoms. The van der Waals surface area contributed by atoms with Crippen molar-refractivity contribution < 1.29 is 40.3 Å². The third-order valence-corrected chi connectivity index (χ3v) is 5.88. The molecule has 1 aromatic carbocycles. The molecule has 0 aliphatic carbocycles. The molecule has 40 heavy (non-hydrogen) atoms. The van der Waals surface area contributed by atoms with Gasteiger partial charge in [0.2, 0.25) is 11.8 Å². The Labute approximate surface area is 230 Å². The summed E-state index contributed by atoms with van der Waals surface area (Å²) in [6, 6.07) is 4.84. The number of aromatic nitrogens is 4. The maximum Gasteiger partial charge on any atom is 0.422 e. The Balaban J connectivity index is 1.70. The molecular weight excluding hydrogens is 596 g/mol. The van der Waals surface area contributed by atoms with Crippen LogP contribution < -0.4 is 15.4 Å². The van der Waals surface area contributed by atoms with Crippen molar-refractivity contribution in [3.63, 3.8) is 0 Å². The number of nitrogens with one attached hydrogen (secondary N) is 2. The Bertz CT molecular complexity index is 1570. The molecule has 0 fully saturated rings. The predicted octanol–water partition coefficient (Wildman–Crippen LogP) is 6.44. The number of aryl methyl sites for hydroxylation is 1. The lowest BCUT2D eigenvalue weighted by Gasteiger charge is -2.14. The van der Waals surface area contributed by atoms with Crippen LogP contribution in [0, 0.1) is 5.82 Å². The lowest BCUT2D eigenvalue weighted by Crippen LogP contribution is -2.27. The van der Waals surface area contributed by atoms with E-state index in [-0.39, 0.29) is 32.8 Å². The van der Waals surface area contributed by atoms with Crippen LogP contribution in [0.4, 0.5) is 42.4 Å². The summed E-state index contributed by atoms with van der Waals surface area (Å²) < 4.78 is 98.1. The number of hydrogen-bond acceptors (Lipinski definition) is 6. The topological polar surface area (TPSA) is 94.0 Å². The van der Waals surface area contributed by atoms with Gasteiger partial charge in [-0.2, -0.15) is 31.3 Å². The summed E-state index contributed by atoms with van der Waals surface area (Å²) in [5, 5.41) is 4.74. The van der Waals surface area contributed by atoms with Gasteiger partial charge in [0.05, 0.1) is 33.5 Å². The maximum absolute atomic E-state index is 13.5. The molecule has 0 radical (unpaired) electrons. The molecule has 2 N–H and O–H groups in total. The van der Waals surface area contributed by atoms with Crippen molar-refractivity contribution >= 4 is 51.9 Å². The summed E-state index contributed by atoms with van der Waals surface area (Å²) in [6.45, 7) is -2.52. The number of alkyl halides is 6. The average molecular weight is 611 g/mol. The number of hydrogen-bond donors (Lipinski definition) is 2. The van der Waals surface area contributed by atoms with Crippen molar-refractivity contribution in [2.24, 2.45) is 7.05 Å². The van der Waals surface area contributed by atoms with Crippen molar-refractivity contribution in [1.82, 2.24) is 24.8 Å². The number of nitrogens with zero attached hydrogens (tertiary/aromatic N) is 4. The summed E-state index contributed by atoms with van der Waals surface area (Å²) in [6.07, 6.45) is -8.47. The minimum Gasteiger partial charge on any atom is -0.467 e. The van der Waals surface area contributed by atoms with Crippen LogP contribution in [0.5, 0.6) is 5.88 Å². The van der Waals surface area contributed by atoms with E-state index in [9.17, 15) is 35.5 Å². The summed E-state index contributed by atoms with van der Waals surface area (Å²) >= 11 is 12.1. The van der Waals surface area contributed by atoms with Crippen LogP contribution in [-0.4, -0.2) is 38.2 Å². The minimum atomic E-state index is -4.80. The summed E-state index contributed by atoms with van der Waals surface area (Å²) in [5.74, 6) is -2.56. The van der Waals surface area contributed by atoms with E-state index in [1.165, 1.54) is 11.6 Å². The Morgan fingerprint density at radius 1 is 1.07 bits per heavy atom. The Kier molecular flexibility index (Phi) is 7.99. The zero-order chi connectivity index (χ0) is 29.4. The smallest absolute Gasteiger partial charge is 0.422 e. The third-order valence-electron chi connectivity index (χ3n) is 5.28.